The number of carboxylic acids is 1. The van der Waals surface area contributed by atoms with Crippen molar-refractivity contribution in [1.29, 1.82) is 0 Å². The van der Waals surface area contributed by atoms with E-state index in [1.807, 2.05) is 26.0 Å². The van der Waals surface area contributed by atoms with Crippen LogP contribution in [0.15, 0.2) is 36.4 Å². The minimum absolute atomic E-state index is 0.101. The van der Waals surface area contributed by atoms with E-state index < -0.39 is 17.6 Å². The maximum absolute atomic E-state index is 13.0. The molecule has 2 rings (SSSR count). The molecule has 38 heavy (non-hydrogen) atoms. The van der Waals surface area contributed by atoms with Crippen LogP contribution in [0.4, 0.5) is 0 Å². The summed E-state index contributed by atoms with van der Waals surface area (Å²) in [5.41, 5.74) is 5.02. The average Bonchev–Trinajstić information content (AvgIpc) is 2.84. The summed E-state index contributed by atoms with van der Waals surface area (Å²) in [7, 11) is 1.53. The Labute approximate surface area is 230 Å². The van der Waals surface area contributed by atoms with Crippen LogP contribution in [0.1, 0.15) is 106 Å². The second-order valence-electron chi connectivity index (χ2n) is 12.4. The van der Waals surface area contributed by atoms with Crippen molar-refractivity contribution in [2.24, 2.45) is 11.3 Å². The first kappa shape index (κ1) is 31.6. The molecule has 0 radical (unpaired) electrons. The molecule has 0 fully saturated rings. The van der Waals surface area contributed by atoms with Crippen LogP contribution in [0.5, 0.6) is 0 Å². The van der Waals surface area contributed by atoms with E-state index in [1.165, 1.54) is 35.6 Å². The zero-order valence-corrected chi connectivity index (χ0v) is 25.4. The molecule has 5 heteroatoms. The van der Waals surface area contributed by atoms with Crippen LogP contribution in [0.2, 0.25) is 0 Å². The van der Waals surface area contributed by atoms with Gasteiger partial charge in [-0.1, -0.05) is 71.9 Å². The summed E-state index contributed by atoms with van der Waals surface area (Å²) in [5.74, 6) is -1.21. The molecule has 0 aromatic heterocycles. The van der Waals surface area contributed by atoms with Gasteiger partial charge in [-0.25, -0.2) is 4.79 Å². The fourth-order valence-corrected chi connectivity index (χ4v) is 5.46. The fraction of sp³-hybridized carbons (Fsp3) is 0.576. The highest BCUT2D eigenvalue weighted by Gasteiger charge is 2.40. The Balaban J connectivity index is 2.46. The average molecular weight is 524 g/mol. The molecule has 3 atom stereocenters. The number of benzene rings is 2. The lowest BCUT2D eigenvalue weighted by atomic mass is 9.68. The van der Waals surface area contributed by atoms with E-state index in [4.69, 9.17) is 0 Å². The topological polar surface area (TPSA) is 77.8 Å². The van der Waals surface area contributed by atoms with Crippen molar-refractivity contribution in [1.82, 2.24) is 4.90 Å². The molecule has 0 aliphatic rings. The molecule has 2 N–H and O–H groups in total. The first-order valence-electron chi connectivity index (χ1n) is 13.9. The minimum atomic E-state index is -1.03. The molecule has 0 bridgehead atoms. The molecule has 5 nitrogen and oxygen atoms in total. The van der Waals surface area contributed by atoms with Gasteiger partial charge in [0.1, 0.15) is 6.04 Å². The second-order valence-corrected chi connectivity index (χ2v) is 12.4. The predicted molar refractivity (Wildman–Crippen MR) is 156 cm³/mol. The number of hydrogen-bond acceptors (Lipinski definition) is 3. The number of hydrogen-bond donors (Lipinski definition) is 2. The number of rotatable bonds is 10. The number of aliphatic carboxylic acids is 1. The Morgan fingerprint density at radius 1 is 0.895 bits per heavy atom. The molecule has 3 unspecified atom stereocenters. The van der Waals surface area contributed by atoms with Crippen LogP contribution in [0, 0.1) is 25.2 Å². The molecule has 210 valence electrons. The molecule has 2 aromatic rings. The van der Waals surface area contributed by atoms with Crippen LogP contribution < -0.4 is 0 Å². The van der Waals surface area contributed by atoms with Crippen molar-refractivity contribution in [3.05, 3.63) is 69.8 Å². The molecule has 0 spiro atoms. The smallest absolute Gasteiger partial charge is 0.326 e. The van der Waals surface area contributed by atoms with E-state index in [9.17, 15) is 19.8 Å². The van der Waals surface area contributed by atoms with Gasteiger partial charge in [0.15, 0.2) is 0 Å². The number of aryl methyl sites for hydroxylation is 2. The highest BCUT2D eigenvalue weighted by molar-refractivity contribution is 5.97. The molecule has 0 saturated heterocycles. The number of carbonyl (C=O) groups is 2. The van der Waals surface area contributed by atoms with E-state index in [2.05, 4.69) is 72.7 Å². The number of carbonyl (C=O) groups excluding carboxylic acids is 1. The molecular formula is C33H49NO4. The summed E-state index contributed by atoms with van der Waals surface area (Å²) in [6.07, 6.45) is 2.61. The molecule has 1 amide bonds. The summed E-state index contributed by atoms with van der Waals surface area (Å²) in [5, 5.41) is 20.5. The molecule has 0 heterocycles. The fourth-order valence-electron chi connectivity index (χ4n) is 5.46. The standard InChI is InChI=1S/C33H49NO4/c1-12-33(13-2,27-16-17-28(22(4)19-27)29(35)34(11)24(6)30(36)37)26-15-14-25(21(3)18-26)20-23(5)32(10,38)31(7,8)9/h14-19,23-24,38H,12-13,20H2,1-11H3,(H,36,37). The Hall–Kier alpha value is -2.66. The van der Waals surface area contributed by atoms with Crippen molar-refractivity contribution in [3.63, 3.8) is 0 Å². The number of carboxylic acid groups (broad SMARTS) is 1. The van der Waals surface area contributed by atoms with Crippen molar-refractivity contribution < 1.29 is 19.8 Å². The van der Waals surface area contributed by atoms with E-state index >= 15 is 0 Å². The third kappa shape index (κ3) is 5.98. The Morgan fingerprint density at radius 2 is 1.39 bits per heavy atom. The summed E-state index contributed by atoms with van der Waals surface area (Å²) < 4.78 is 0. The lowest BCUT2D eigenvalue weighted by molar-refractivity contribution is -0.141. The van der Waals surface area contributed by atoms with Gasteiger partial charge < -0.3 is 15.1 Å². The van der Waals surface area contributed by atoms with E-state index in [-0.39, 0.29) is 22.7 Å². The van der Waals surface area contributed by atoms with Gasteiger partial charge in [0.2, 0.25) is 0 Å². The van der Waals surface area contributed by atoms with Crippen molar-refractivity contribution in [2.45, 2.75) is 106 Å². The number of likely N-dealkylation sites (N-methyl/N-ethyl adjacent to an activating group) is 1. The van der Waals surface area contributed by atoms with E-state index in [1.54, 1.807) is 0 Å². The van der Waals surface area contributed by atoms with Gasteiger partial charge in [0.05, 0.1) is 5.60 Å². The van der Waals surface area contributed by atoms with Gasteiger partial charge in [-0.05, 0) is 92.2 Å². The Bertz CT molecular complexity index is 1150. The summed E-state index contributed by atoms with van der Waals surface area (Å²) in [4.78, 5) is 25.7. The van der Waals surface area contributed by atoms with Crippen molar-refractivity contribution >= 4 is 11.9 Å². The van der Waals surface area contributed by atoms with Crippen molar-refractivity contribution in [2.75, 3.05) is 7.05 Å². The quantitative estimate of drug-likeness (QED) is 0.354. The van der Waals surface area contributed by atoms with Gasteiger partial charge in [-0.15, -0.1) is 0 Å². The molecule has 0 saturated carbocycles. The maximum atomic E-state index is 13.0. The largest absolute Gasteiger partial charge is 0.480 e. The minimum Gasteiger partial charge on any atom is -0.480 e. The molecular weight excluding hydrogens is 474 g/mol. The second kappa shape index (κ2) is 11.6. The van der Waals surface area contributed by atoms with Crippen LogP contribution in [-0.2, 0) is 16.6 Å². The number of nitrogens with zero attached hydrogens (tertiary/aromatic N) is 1. The van der Waals surface area contributed by atoms with Gasteiger partial charge in [-0.3, -0.25) is 4.79 Å². The lowest BCUT2D eigenvalue weighted by Gasteiger charge is -2.42. The maximum Gasteiger partial charge on any atom is 0.326 e. The first-order chi connectivity index (χ1) is 17.4. The third-order valence-corrected chi connectivity index (χ3v) is 9.37. The summed E-state index contributed by atoms with van der Waals surface area (Å²) >= 11 is 0. The molecule has 0 aliphatic heterocycles. The summed E-state index contributed by atoms with van der Waals surface area (Å²) in [6.45, 7) is 20.3. The zero-order valence-electron chi connectivity index (χ0n) is 25.4. The molecule has 2 aromatic carbocycles. The van der Waals surface area contributed by atoms with Gasteiger partial charge >= 0.3 is 5.97 Å². The Kier molecular flexibility index (Phi) is 9.64. The lowest BCUT2D eigenvalue weighted by Crippen LogP contribution is -2.46. The van der Waals surface area contributed by atoms with Crippen LogP contribution in [-0.4, -0.2) is 45.7 Å². The Morgan fingerprint density at radius 3 is 1.82 bits per heavy atom. The first-order valence-corrected chi connectivity index (χ1v) is 13.9. The monoisotopic (exact) mass is 523 g/mol. The van der Waals surface area contributed by atoms with Crippen LogP contribution in [0.25, 0.3) is 0 Å². The highest BCUT2D eigenvalue weighted by Crippen LogP contribution is 2.41. The van der Waals surface area contributed by atoms with Gasteiger partial charge in [0, 0.05) is 18.0 Å². The van der Waals surface area contributed by atoms with E-state index in [0.717, 1.165) is 30.4 Å². The molecule has 0 aliphatic carbocycles. The number of aliphatic hydroxyl groups is 1. The third-order valence-electron chi connectivity index (χ3n) is 9.37. The summed E-state index contributed by atoms with van der Waals surface area (Å²) in [6, 6.07) is 11.8. The SMILES string of the molecule is CCC(CC)(c1ccc(CC(C)C(C)(O)C(C)(C)C)c(C)c1)c1ccc(C(=O)N(C)C(C)C(=O)O)c(C)c1. The van der Waals surface area contributed by atoms with Gasteiger partial charge in [0.25, 0.3) is 5.91 Å². The highest BCUT2D eigenvalue weighted by atomic mass is 16.4. The predicted octanol–water partition coefficient (Wildman–Crippen LogP) is 6.93. The van der Waals surface area contributed by atoms with Crippen LogP contribution >= 0.6 is 0 Å². The van der Waals surface area contributed by atoms with E-state index in [0.29, 0.717) is 5.56 Å². The number of amides is 1. The normalized spacial score (nSPS) is 15.5. The van der Waals surface area contributed by atoms with Crippen LogP contribution in [0.3, 0.4) is 0 Å². The van der Waals surface area contributed by atoms with Gasteiger partial charge in [-0.2, -0.15) is 0 Å². The zero-order chi connectivity index (χ0) is 29.2. The van der Waals surface area contributed by atoms with Crippen molar-refractivity contribution in [3.8, 4) is 0 Å².